The average molecular weight is 349 g/mol. The van der Waals surface area contributed by atoms with Crippen LogP contribution in [0.2, 0.25) is 0 Å². The topological polar surface area (TPSA) is 45.5 Å². The van der Waals surface area contributed by atoms with Crippen LogP contribution in [0.15, 0.2) is 33.4 Å². The molecule has 0 spiro atoms. The highest BCUT2D eigenvalue weighted by molar-refractivity contribution is 9.10. The van der Waals surface area contributed by atoms with Gasteiger partial charge in [0.2, 0.25) is 0 Å². The SMILES string of the molecule is O=C(N[C@H]1CN2CCC1CC2)c1ccc2c(Br)coc2c1. The third-order valence-corrected chi connectivity index (χ3v) is 5.38. The van der Waals surface area contributed by atoms with Crippen LogP contribution in [-0.4, -0.2) is 36.5 Å². The molecule has 3 fully saturated rings. The van der Waals surface area contributed by atoms with Gasteiger partial charge in [0.25, 0.3) is 5.91 Å². The number of carbonyl (C=O) groups excluding carboxylic acids is 1. The third kappa shape index (κ3) is 2.38. The summed E-state index contributed by atoms with van der Waals surface area (Å²) in [5.74, 6) is 0.642. The van der Waals surface area contributed by atoms with Crippen LogP contribution in [-0.2, 0) is 0 Å². The zero-order valence-corrected chi connectivity index (χ0v) is 13.2. The molecular formula is C16H17BrN2O2. The number of rotatable bonds is 2. The molecule has 1 amide bonds. The van der Waals surface area contributed by atoms with Crippen molar-refractivity contribution in [3.8, 4) is 0 Å². The average Bonchev–Trinajstić information content (AvgIpc) is 2.89. The van der Waals surface area contributed by atoms with Gasteiger partial charge in [-0.15, -0.1) is 0 Å². The molecule has 3 saturated heterocycles. The van der Waals surface area contributed by atoms with Gasteiger partial charge in [0, 0.05) is 23.5 Å². The van der Waals surface area contributed by atoms with Crippen LogP contribution in [0.3, 0.4) is 0 Å². The minimum atomic E-state index is 0.00294. The smallest absolute Gasteiger partial charge is 0.251 e. The second-order valence-electron chi connectivity index (χ2n) is 6.01. The van der Waals surface area contributed by atoms with E-state index in [-0.39, 0.29) is 5.91 Å². The van der Waals surface area contributed by atoms with Crippen molar-refractivity contribution >= 4 is 32.8 Å². The lowest BCUT2D eigenvalue weighted by Gasteiger charge is -2.44. The third-order valence-electron chi connectivity index (χ3n) is 4.76. The summed E-state index contributed by atoms with van der Waals surface area (Å²) in [6.45, 7) is 3.36. The summed E-state index contributed by atoms with van der Waals surface area (Å²) in [7, 11) is 0. The van der Waals surface area contributed by atoms with Crippen molar-refractivity contribution in [2.75, 3.05) is 19.6 Å². The molecule has 5 rings (SSSR count). The Morgan fingerprint density at radius 2 is 2.14 bits per heavy atom. The molecule has 3 aliphatic heterocycles. The Bertz CT molecular complexity index is 689. The zero-order valence-electron chi connectivity index (χ0n) is 11.6. The molecule has 1 N–H and O–H groups in total. The molecule has 1 aromatic heterocycles. The van der Waals surface area contributed by atoms with Gasteiger partial charge in [-0.1, -0.05) is 0 Å². The molecule has 5 heteroatoms. The van der Waals surface area contributed by atoms with E-state index in [0.29, 0.717) is 17.5 Å². The second kappa shape index (κ2) is 5.14. The van der Waals surface area contributed by atoms with Crippen molar-refractivity contribution in [3.05, 3.63) is 34.5 Å². The van der Waals surface area contributed by atoms with Gasteiger partial charge in [0.15, 0.2) is 0 Å². The fourth-order valence-corrected chi connectivity index (χ4v) is 3.94. The largest absolute Gasteiger partial charge is 0.463 e. The summed E-state index contributed by atoms with van der Waals surface area (Å²) in [5.41, 5.74) is 1.41. The minimum Gasteiger partial charge on any atom is -0.463 e. The van der Waals surface area contributed by atoms with Crippen molar-refractivity contribution in [1.29, 1.82) is 0 Å². The molecule has 0 aliphatic carbocycles. The fraction of sp³-hybridized carbons (Fsp3) is 0.438. The molecule has 2 aromatic rings. The van der Waals surface area contributed by atoms with E-state index in [1.165, 1.54) is 25.9 Å². The van der Waals surface area contributed by atoms with Crippen LogP contribution < -0.4 is 5.32 Å². The Morgan fingerprint density at radius 1 is 1.33 bits per heavy atom. The lowest BCUT2D eigenvalue weighted by molar-refractivity contribution is 0.0620. The van der Waals surface area contributed by atoms with Gasteiger partial charge in [-0.3, -0.25) is 4.79 Å². The van der Waals surface area contributed by atoms with E-state index >= 15 is 0 Å². The highest BCUT2D eigenvalue weighted by Crippen LogP contribution is 2.29. The van der Waals surface area contributed by atoms with Crippen molar-refractivity contribution in [2.24, 2.45) is 5.92 Å². The maximum Gasteiger partial charge on any atom is 0.251 e. The van der Waals surface area contributed by atoms with Crippen LogP contribution in [0.1, 0.15) is 23.2 Å². The Hall–Kier alpha value is -1.33. The van der Waals surface area contributed by atoms with E-state index < -0.39 is 0 Å². The molecule has 0 radical (unpaired) electrons. The quantitative estimate of drug-likeness (QED) is 0.907. The molecule has 3 aliphatic rings. The standard InChI is InChI=1S/C16H17BrN2O2/c17-13-9-21-15-7-11(1-2-12(13)15)16(20)18-14-8-19-5-3-10(14)4-6-19/h1-2,7,9-10,14H,3-6,8H2,(H,18,20)/t14-/m0/s1. The molecule has 4 nitrogen and oxygen atoms in total. The van der Waals surface area contributed by atoms with Crippen LogP contribution in [0.4, 0.5) is 0 Å². The first-order valence-corrected chi connectivity index (χ1v) is 8.20. The van der Waals surface area contributed by atoms with Gasteiger partial charge in [0.1, 0.15) is 11.8 Å². The number of piperidine rings is 3. The number of carbonyl (C=O) groups is 1. The number of halogens is 1. The first-order valence-electron chi connectivity index (χ1n) is 7.41. The number of fused-ring (bicyclic) bond motifs is 4. The summed E-state index contributed by atoms with van der Waals surface area (Å²) in [6, 6.07) is 5.89. The number of nitrogens with zero attached hydrogens (tertiary/aromatic N) is 1. The Morgan fingerprint density at radius 3 is 2.86 bits per heavy atom. The molecule has 0 unspecified atom stereocenters. The van der Waals surface area contributed by atoms with Crippen LogP contribution in [0.5, 0.6) is 0 Å². The van der Waals surface area contributed by atoms with Crippen molar-refractivity contribution in [1.82, 2.24) is 10.2 Å². The van der Waals surface area contributed by atoms with Crippen LogP contribution in [0, 0.1) is 5.92 Å². The maximum atomic E-state index is 12.5. The first kappa shape index (κ1) is 13.3. The maximum absolute atomic E-state index is 12.5. The van der Waals surface area contributed by atoms with Crippen molar-refractivity contribution in [2.45, 2.75) is 18.9 Å². The van der Waals surface area contributed by atoms with Crippen molar-refractivity contribution in [3.63, 3.8) is 0 Å². The number of amides is 1. The Kier molecular flexibility index (Phi) is 3.27. The number of furan rings is 1. The predicted octanol–water partition coefficient (Wildman–Crippen LogP) is 3.02. The van der Waals surface area contributed by atoms with E-state index in [1.54, 1.807) is 6.26 Å². The lowest BCUT2D eigenvalue weighted by atomic mass is 9.84. The molecule has 4 heterocycles. The molecule has 21 heavy (non-hydrogen) atoms. The van der Waals surface area contributed by atoms with Gasteiger partial charge >= 0.3 is 0 Å². The van der Waals surface area contributed by atoms with Gasteiger partial charge < -0.3 is 14.6 Å². The molecule has 0 saturated carbocycles. The number of hydrogen-bond donors (Lipinski definition) is 1. The molecule has 2 bridgehead atoms. The zero-order chi connectivity index (χ0) is 14.4. The van der Waals surface area contributed by atoms with Crippen molar-refractivity contribution < 1.29 is 9.21 Å². The van der Waals surface area contributed by atoms with Crippen LogP contribution >= 0.6 is 15.9 Å². The normalized spacial score (nSPS) is 28.0. The Balaban J connectivity index is 1.53. The predicted molar refractivity (Wildman–Crippen MR) is 84.3 cm³/mol. The molecular weight excluding hydrogens is 332 g/mol. The van der Waals surface area contributed by atoms with E-state index in [1.807, 2.05) is 18.2 Å². The highest BCUT2D eigenvalue weighted by Gasteiger charge is 2.34. The fourth-order valence-electron chi connectivity index (χ4n) is 3.52. The monoisotopic (exact) mass is 348 g/mol. The van der Waals surface area contributed by atoms with Gasteiger partial charge in [-0.25, -0.2) is 0 Å². The van der Waals surface area contributed by atoms with E-state index in [2.05, 4.69) is 26.1 Å². The summed E-state index contributed by atoms with van der Waals surface area (Å²) in [6.07, 6.45) is 4.06. The first-order chi connectivity index (χ1) is 10.2. The second-order valence-corrected chi connectivity index (χ2v) is 6.87. The summed E-state index contributed by atoms with van der Waals surface area (Å²) in [5, 5.41) is 4.20. The summed E-state index contributed by atoms with van der Waals surface area (Å²) >= 11 is 3.43. The van der Waals surface area contributed by atoms with Gasteiger partial charge in [-0.05, 0) is 66.0 Å². The summed E-state index contributed by atoms with van der Waals surface area (Å²) in [4.78, 5) is 14.9. The number of nitrogens with one attached hydrogen (secondary N) is 1. The number of benzene rings is 1. The van der Waals surface area contributed by atoms with E-state index in [9.17, 15) is 4.79 Å². The number of hydrogen-bond acceptors (Lipinski definition) is 3. The van der Waals surface area contributed by atoms with E-state index in [4.69, 9.17) is 4.42 Å². The lowest BCUT2D eigenvalue weighted by Crippen LogP contribution is -2.57. The van der Waals surface area contributed by atoms with Crippen LogP contribution in [0.25, 0.3) is 11.0 Å². The summed E-state index contributed by atoms with van der Waals surface area (Å²) < 4.78 is 6.36. The van der Waals surface area contributed by atoms with Gasteiger partial charge in [0.05, 0.1) is 4.47 Å². The Labute approximate surface area is 131 Å². The molecule has 110 valence electrons. The highest BCUT2D eigenvalue weighted by atomic mass is 79.9. The molecule has 1 atom stereocenters. The minimum absolute atomic E-state index is 0.00294. The molecule has 1 aromatic carbocycles. The van der Waals surface area contributed by atoms with E-state index in [0.717, 1.165) is 22.0 Å². The van der Waals surface area contributed by atoms with Gasteiger partial charge in [-0.2, -0.15) is 0 Å².